The first-order valence-electron chi connectivity index (χ1n) is 7.88. The summed E-state index contributed by atoms with van der Waals surface area (Å²) < 4.78 is 5.47. The minimum Gasteiger partial charge on any atom is -0.377 e. The largest absolute Gasteiger partial charge is 0.377 e. The van der Waals surface area contributed by atoms with Crippen molar-refractivity contribution in [2.75, 3.05) is 6.61 Å². The van der Waals surface area contributed by atoms with Gasteiger partial charge in [0.15, 0.2) is 0 Å². The third-order valence-electron chi connectivity index (χ3n) is 4.12. The fourth-order valence-corrected chi connectivity index (χ4v) is 2.88. The summed E-state index contributed by atoms with van der Waals surface area (Å²) >= 11 is 0. The molecule has 0 heterocycles. The summed E-state index contributed by atoms with van der Waals surface area (Å²) in [6.07, 6.45) is 3.87. The molecule has 1 amide bonds. The van der Waals surface area contributed by atoms with Gasteiger partial charge in [0.1, 0.15) is 0 Å². The van der Waals surface area contributed by atoms with E-state index in [1.54, 1.807) is 0 Å². The van der Waals surface area contributed by atoms with Crippen LogP contribution in [0.2, 0.25) is 0 Å². The van der Waals surface area contributed by atoms with E-state index in [4.69, 9.17) is 10.5 Å². The van der Waals surface area contributed by atoms with Gasteiger partial charge in [0.2, 0.25) is 5.91 Å². The van der Waals surface area contributed by atoms with Gasteiger partial charge >= 0.3 is 0 Å². The Morgan fingerprint density at radius 3 is 2.81 bits per heavy atom. The molecule has 1 fully saturated rings. The van der Waals surface area contributed by atoms with Crippen LogP contribution in [0, 0.1) is 5.92 Å². The SMILES string of the molecule is CCOCc1ccccc1CNC(=O)C1CCCC(N)C1. The van der Waals surface area contributed by atoms with Crippen LogP contribution in [0.5, 0.6) is 0 Å². The van der Waals surface area contributed by atoms with Crippen molar-refractivity contribution in [1.29, 1.82) is 0 Å². The molecule has 2 rings (SSSR count). The molecule has 1 saturated carbocycles. The van der Waals surface area contributed by atoms with Crippen LogP contribution >= 0.6 is 0 Å². The van der Waals surface area contributed by atoms with Crippen LogP contribution in [0.3, 0.4) is 0 Å². The summed E-state index contributed by atoms with van der Waals surface area (Å²) in [5.41, 5.74) is 8.22. The van der Waals surface area contributed by atoms with Crippen molar-refractivity contribution in [2.24, 2.45) is 11.7 Å². The Balaban J connectivity index is 1.88. The number of carbonyl (C=O) groups excluding carboxylic acids is 1. The maximum atomic E-state index is 12.2. The molecule has 0 aliphatic heterocycles. The quantitative estimate of drug-likeness (QED) is 0.845. The smallest absolute Gasteiger partial charge is 0.223 e. The number of hydrogen-bond donors (Lipinski definition) is 2. The molecule has 1 aromatic carbocycles. The predicted molar refractivity (Wildman–Crippen MR) is 83.6 cm³/mol. The summed E-state index contributed by atoms with van der Waals surface area (Å²) in [5, 5.41) is 3.06. The monoisotopic (exact) mass is 290 g/mol. The highest BCUT2D eigenvalue weighted by atomic mass is 16.5. The van der Waals surface area contributed by atoms with E-state index in [0.29, 0.717) is 19.8 Å². The number of ether oxygens (including phenoxy) is 1. The lowest BCUT2D eigenvalue weighted by Gasteiger charge is -2.25. The molecule has 4 nitrogen and oxygen atoms in total. The second-order valence-corrected chi connectivity index (χ2v) is 5.75. The van der Waals surface area contributed by atoms with Crippen molar-refractivity contribution in [1.82, 2.24) is 5.32 Å². The molecule has 116 valence electrons. The zero-order chi connectivity index (χ0) is 15.1. The Morgan fingerprint density at radius 2 is 2.10 bits per heavy atom. The molecule has 4 heteroatoms. The van der Waals surface area contributed by atoms with Gasteiger partial charge in [0, 0.05) is 25.1 Å². The van der Waals surface area contributed by atoms with Gasteiger partial charge in [-0.05, 0) is 37.3 Å². The minimum absolute atomic E-state index is 0.0767. The molecule has 0 radical (unpaired) electrons. The summed E-state index contributed by atoms with van der Waals surface area (Å²) in [7, 11) is 0. The van der Waals surface area contributed by atoms with Crippen molar-refractivity contribution in [2.45, 2.75) is 51.8 Å². The summed E-state index contributed by atoms with van der Waals surface area (Å²) in [6.45, 7) is 3.84. The second kappa shape index (κ2) is 8.15. The molecule has 1 aliphatic carbocycles. The van der Waals surface area contributed by atoms with Gasteiger partial charge in [-0.15, -0.1) is 0 Å². The van der Waals surface area contributed by atoms with Crippen molar-refractivity contribution in [3.05, 3.63) is 35.4 Å². The number of hydrogen-bond acceptors (Lipinski definition) is 3. The van der Waals surface area contributed by atoms with Crippen LogP contribution < -0.4 is 11.1 Å². The fraction of sp³-hybridized carbons (Fsp3) is 0.588. The molecule has 0 aromatic heterocycles. The lowest BCUT2D eigenvalue weighted by molar-refractivity contribution is -0.126. The zero-order valence-electron chi connectivity index (χ0n) is 12.8. The number of rotatable bonds is 6. The summed E-state index contributed by atoms with van der Waals surface area (Å²) in [5.74, 6) is 0.212. The van der Waals surface area contributed by atoms with Crippen LogP contribution in [0.1, 0.15) is 43.7 Å². The van der Waals surface area contributed by atoms with Gasteiger partial charge in [-0.1, -0.05) is 30.7 Å². The van der Waals surface area contributed by atoms with Gasteiger partial charge in [-0.2, -0.15) is 0 Å². The molecule has 0 bridgehead atoms. The molecular formula is C17H26N2O2. The van der Waals surface area contributed by atoms with Crippen LogP contribution in [0.15, 0.2) is 24.3 Å². The molecule has 1 aromatic rings. The maximum absolute atomic E-state index is 12.2. The molecule has 0 spiro atoms. The zero-order valence-corrected chi connectivity index (χ0v) is 12.8. The normalized spacial score (nSPS) is 22.0. The van der Waals surface area contributed by atoms with E-state index in [0.717, 1.165) is 36.8 Å². The van der Waals surface area contributed by atoms with Crippen molar-refractivity contribution < 1.29 is 9.53 Å². The average Bonchev–Trinajstić information content (AvgIpc) is 2.51. The molecule has 3 N–H and O–H groups in total. The first kappa shape index (κ1) is 16.0. The maximum Gasteiger partial charge on any atom is 0.223 e. The standard InChI is InChI=1S/C17H26N2O2/c1-2-21-12-15-7-4-3-6-14(15)11-19-17(20)13-8-5-9-16(18)10-13/h3-4,6-7,13,16H,2,5,8-12,18H2,1H3,(H,19,20). The fourth-order valence-electron chi connectivity index (χ4n) is 2.88. The van der Waals surface area contributed by atoms with Crippen LogP contribution in [-0.4, -0.2) is 18.6 Å². The van der Waals surface area contributed by atoms with E-state index in [-0.39, 0.29) is 17.9 Å². The van der Waals surface area contributed by atoms with Crippen LogP contribution in [0.25, 0.3) is 0 Å². The number of carbonyl (C=O) groups is 1. The third kappa shape index (κ3) is 4.83. The van der Waals surface area contributed by atoms with Crippen molar-refractivity contribution in [3.8, 4) is 0 Å². The van der Waals surface area contributed by atoms with E-state index < -0.39 is 0 Å². The topological polar surface area (TPSA) is 64.3 Å². The third-order valence-corrected chi connectivity index (χ3v) is 4.12. The molecular weight excluding hydrogens is 264 g/mol. The van der Waals surface area contributed by atoms with Crippen molar-refractivity contribution in [3.63, 3.8) is 0 Å². The lowest BCUT2D eigenvalue weighted by Crippen LogP contribution is -2.37. The van der Waals surface area contributed by atoms with E-state index in [9.17, 15) is 4.79 Å². The second-order valence-electron chi connectivity index (χ2n) is 5.75. The van der Waals surface area contributed by atoms with Gasteiger partial charge in [0.05, 0.1) is 6.61 Å². The summed E-state index contributed by atoms with van der Waals surface area (Å²) in [6, 6.07) is 8.27. The first-order valence-corrected chi connectivity index (χ1v) is 7.88. The Morgan fingerprint density at radius 1 is 1.33 bits per heavy atom. The molecule has 2 atom stereocenters. The van der Waals surface area contributed by atoms with Gasteiger partial charge in [0.25, 0.3) is 0 Å². The summed E-state index contributed by atoms with van der Waals surface area (Å²) in [4.78, 5) is 12.2. The average molecular weight is 290 g/mol. The van der Waals surface area contributed by atoms with E-state index in [1.165, 1.54) is 0 Å². The van der Waals surface area contributed by atoms with Gasteiger partial charge in [-0.25, -0.2) is 0 Å². The highest BCUT2D eigenvalue weighted by Gasteiger charge is 2.25. The van der Waals surface area contributed by atoms with Crippen molar-refractivity contribution >= 4 is 5.91 Å². The number of benzene rings is 1. The number of nitrogens with two attached hydrogens (primary N) is 1. The Labute approximate surface area is 127 Å². The molecule has 2 unspecified atom stereocenters. The highest BCUT2D eigenvalue weighted by Crippen LogP contribution is 2.23. The van der Waals surface area contributed by atoms with Gasteiger partial charge < -0.3 is 15.8 Å². The van der Waals surface area contributed by atoms with E-state index >= 15 is 0 Å². The Hall–Kier alpha value is -1.39. The molecule has 1 aliphatic rings. The van der Waals surface area contributed by atoms with E-state index in [2.05, 4.69) is 5.32 Å². The van der Waals surface area contributed by atoms with E-state index in [1.807, 2.05) is 31.2 Å². The molecule has 0 saturated heterocycles. The van der Waals surface area contributed by atoms with Crippen LogP contribution in [-0.2, 0) is 22.7 Å². The minimum atomic E-state index is 0.0767. The predicted octanol–water partition coefficient (Wildman–Crippen LogP) is 2.36. The molecule has 21 heavy (non-hydrogen) atoms. The Kier molecular flexibility index (Phi) is 6.21. The van der Waals surface area contributed by atoms with Crippen LogP contribution in [0.4, 0.5) is 0 Å². The van der Waals surface area contributed by atoms with Gasteiger partial charge in [-0.3, -0.25) is 4.79 Å². The lowest BCUT2D eigenvalue weighted by atomic mass is 9.85. The Bertz CT molecular complexity index is 462. The number of amides is 1. The number of nitrogens with one attached hydrogen (secondary N) is 1. The highest BCUT2D eigenvalue weighted by molar-refractivity contribution is 5.78. The first-order chi connectivity index (χ1) is 10.2.